The van der Waals surface area contributed by atoms with Crippen LogP contribution < -0.4 is 10.5 Å². The van der Waals surface area contributed by atoms with Crippen LogP contribution in [0.3, 0.4) is 0 Å². The van der Waals surface area contributed by atoms with Crippen LogP contribution in [0, 0.1) is 0 Å². The Hall–Kier alpha value is -3.34. The van der Waals surface area contributed by atoms with Crippen LogP contribution in [-0.2, 0) is 29.0 Å². The van der Waals surface area contributed by atoms with Gasteiger partial charge in [-0.1, -0.05) is 28.9 Å². The smallest absolute Gasteiger partial charge is 0.326 e. The normalized spacial score (nSPS) is 18.2. The van der Waals surface area contributed by atoms with Crippen molar-refractivity contribution in [1.29, 1.82) is 0 Å². The van der Waals surface area contributed by atoms with Gasteiger partial charge in [0, 0.05) is 30.6 Å². The predicted molar refractivity (Wildman–Crippen MR) is 150 cm³/mol. The number of benzene rings is 2. The van der Waals surface area contributed by atoms with Crippen molar-refractivity contribution in [3.63, 3.8) is 0 Å². The number of nitrogens with zero attached hydrogens (tertiary/aromatic N) is 3. The average Bonchev–Trinajstić information content (AvgIpc) is 3.27. The van der Waals surface area contributed by atoms with Crippen LogP contribution in [0.4, 0.5) is 5.82 Å². The molecule has 38 heavy (non-hydrogen) atoms. The van der Waals surface area contributed by atoms with E-state index in [1.54, 1.807) is 11.9 Å². The first-order valence-electron chi connectivity index (χ1n) is 12.7. The number of nitrogen functional groups attached to an aromatic ring is 1. The van der Waals surface area contributed by atoms with Crippen molar-refractivity contribution in [3.8, 4) is 0 Å². The van der Waals surface area contributed by atoms with Crippen molar-refractivity contribution in [2.45, 2.75) is 56.6 Å². The maximum atomic E-state index is 10.6. The van der Waals surface area contributed by atoms with Crippen LogP contribution in [0.25, 0.3) is 11.0 Å². The minimum Gasteiger partial charge on any atom is -0.480 e. The van der Waals surface area contributed by atoms with E-state index in [2.05, 4.69) is 59.1 Å². The lowest BCUT2D eigenvalue weighted by atomic mass is 10.0. The highest BCUT2D eigenvalue weighted by Gasteiger charge is 2.26. The van der Waals surface area contributed by atoms with Crippen molar-refractivity contribution in [3.05, 3.63) is 64.7 Å². The Morgan fingerprint density at radius 2 is 2.13 bits per heavy atom. The molecule has 10 heteroatoms. The van der Waals surface area contributed by atoms with Gasteiger partial charge in [0.1, 0.15) is 6.04 Å². The second-order valence-electron chi connectivity index (χ2n) is 10.1. The topological polar surface area (TPSA) is 125 Å². The molecule has 2 aliphatic heterocycles. The first-order chi connectivity index (χ1) is 18.2. The number of carboxylic acid groups (broad SMARTS) is 1. The molecule has 0 aliphatic carbocycles. The fourth-order valence-electron chi connectivity index (χ4n) is 4.67. The zero-order valence-electron chi connectivity index (χ0n) is 22.0. The SMILES string of the molecule is CC(Cc1ccc2onc(N)c2c1)NSc1ccc2c(c1)CN(C)CC2.CC1=CCN(C=O)C(C(=O)O)C1. The second kappa shape index (κ2) is 12.5. The van der Waals surface area contributed by atoms with E-state index in [4.69, 9.17) is 15.4 Å². The van der Waals surface area contributed by atoms with Gasteiger partial charge >= 0.3 is 5.97 Å². The van der Waals surface area contributed by atoms with Gasteiger partial charge in [0.05, 0.1) is 5.39 Å². The number of hydrogen-bond donors (Lipinski definition) is 3. The van der Waals surface area contributed by atoms with Gasteiger partial charge in [-0.25, -0.2) is 4.79 Å². The van der Waals surface area contributed by atoms with Gasteiger partial charge in [-0.3, -0.25) is 9.52 Å². The number of likely N-dealkylation sites (N-methyl/N-ethyl adjacent to an activating group) is 1. The van der Waals surface area contributed by atoms with Crippen LogP contribution >= 0.6 is 11.9 Å². The number of hydrogen-bond acceptors (Lipinski definition) is 8. The number of carboxylic acids is 1. The Morgan fingerprint density at radius 3 is 2.89 bits per heavy atom. The molecule has 2 atom stereocenters. The number of nitrogens with one attached hydrogen (secondary N) is 1. The monoisotopic (exact) mass is 537 g/mol. The number of anilines is 1. The molecule has 9 nitrogen and oxygen atoms in total. The van der Waals surface area contributed by atoms with Crippen molar-refractivity contribution in [2.24, 2.45) is 0 Å². The fourth-order valence-corrected chi connectivity index (χ4v) is 5.43. The van der Waals surface area contributed by atoms with Crippen molar-refractivity contribution in [2.75, 3.05) is 25.9 Å². The molecule has 4 N–H and O–H groups in total. The third-order valence-corrected chi connectivity index (χ3v) is 7.86. The van der Waals surface area contributed by atoms with Crippen molar-refractivity contribution in [1.82, 2.24) is 19.7 Å². The van der Waals surface area contributed by atoms with E-state index < -0.39 is 12.0 Å². The molecule has 0 saturated heterocycles. The standard InChI is InChI=1S/C20H24N4OS.C8H11NO3/c1-13(9-14-3-6-19-18(10-14)20(21)22-25-19)23-26-17-5-4-15-7-8-24(2)12-16(15)11-17;1-6-2-3-9(5-10)7(4-6)8(11)12/h3-6,10-11,13,23H,7-9,12H2,1-2H3,(H2,21,22);2,5,7H,3-4H2,1H3,(H,11,12). The molecule has 0 spiro atoms. The van der Waals surface area contributed by atoms with E-state index in [1.165, 1.54) is 26.5 Å². The maximum absolute atomic E-state index is 10.6. The first-order valence-corrected chi connectivity index (χ1v) is 13.5. The van der Waals surface area contributed by atoms with Gasteiger partial charge in [-0.05, 0) is 93.1 Å². The average molecular weight is 538 g/mol. The van der Waals surface area contributed by atoms with Crippen LogP contribution in [0.5, 0.6) is 0 Å². The Balaban J connectivity index is 0.000000236. The quantitative estimate of drug-likeness (QED) is 0.234. The summed E-state index contributed by atoms with van der Waals surface area (Å²) in [7, 11) is 2.18. The van der Waals surface area contributed by atoms with Gasteiger partial charge in [0.25, 0.3) is 0 Å². The molecule has 3 aromatic rings. The van der Waals surface area contributed by atoms with E-state index >= 15 is 0 Å². The van der Waals surface area contributed by atoms with Gasteiger partial charge < -0.3 is 25.2 Å². The Bertz CT molecular complexity index is 1320. The van der Waals surface area contributed by atoms with E-state index in [0.717, 1.165) is 42.5 Å². The van der Waals surface area contributed by atoms with Gasteiger partial charge in [0.15, 0.2) is 11.4 Å². The van der Waals surface area contributed by atoms with Crippen LogP contribution in [0.2, 0.25) is 0 Å². The molecule has 0 saturated carbocycles. The molecule has 0 fully saturated rings. The predicted octanol–water partition coefficient (Wildman–Crippen LogP) is 3.87. The minimum atomic E-state index is -0.936. The summed E-state index contributed by atoms with van der Waals surface area (Å²) in [6.45, 7) is 6.67. The number of rotatable bonds is 7. The largest absolute Gasteiger partial charge is 0.480 e. The summed E-state index contributed by atoms with van der Waals surface area (Å²) in [5.74, 6) is -0.481. The van der Waals surface area contributed by atoms with Crippen LogP contribution in [0.1, 0.15) is 37.0 Å². The lowest BCUT2D eigenvalue weighted by molar-refractivity contribution is -0.146. The zero-order chi connectivity index (χ0) is 27.2. The summed E-state index contributed by atoms with van der Waals surface area (Å²) in [4.78, 5) is 26.0. The third kappa shape index (κ3) is 6.94. The molecule has 2 unspecified atom stereocenters. The molecule has 1 aromatic heterocycles. The summed E-state index contributed by atoms with van der Waals surface area (Å²) in [5.41, 5.74) is 11.8. The molecular formula is C28H35N5O4S. The highest BCUT2D eigenvalue weighted by molar-refractivity contribution is 7.97. The molecule has 2 aliphatic rings. The number of aromatic nitrogens is 1. The highest BCUT2D eigenvalue weighted by atomic mass is 32.2. The van der Waals surface area contributed by atoms with E-state index in [1.807, 2.05) is 19.1 Å². The number of nitrogens with two attached hydrogens (primary N) is 1. The molecule has 3 heterocycles. The Morgan fingerprint density at radius 1 is 1.32 bits per heavy atom. The fraction of sp³-hybridized carbons (Fsp3) is 0.393. The number of aliphatic carboxylic acids is 1. The molecule has 0 bridgehead atoms. The lowest BCUT2D eigenvalue weighted by Crippen LogP contribution is -2.42. The van der Waals surface area contributed by atoms with Crippen LogP contribution in [0.15, 0.2) is 57.5 Å². The zero-order valence-corrected chi connectivity index (χ0v) is 22.8. The Labute approximate surface area is 227 Å². The summed E-state index contributed by atoms with van der Waals surface area (Å²) in [6.07, 6.45) is 4.96. The number of amides is 1. The van der Waals surface area contributed by atoms with E-state index in [0.29, 0.717) is 31.2 Å². The second-order valence-corrected chi connectivity index (χ2v) is 11.0. The van der Waals surface area contributed by atoms with Gasteiger partial charge in [0.2, 0.25) is 6.41 Å². The summed E-state index contributed by atoms with van der Waals surface area (Å²) < 4.78 is 8.72. The summed E-state index contributed by atoms with van der Waals surface area (Å²) in [6, 6.07) is 12.6. The van der Waals surface area contributed by atoms with Gasteiger partial charge in [-0.15, -0.1) is 0 Å². The van der Waals surface area contributed by atoms with E-state index in [9.17, 15) is 9.59 Å². The van der Waals surface area contributed by atoms with E-state index in [-0.39, 0.29) is 0 Å². The maximum Gasteiger partial charge on any atom is 0.326 e. The molecule has 1 amide bonds. The molecular weight excluding hydrogens is 502 g/mol. The summed E-state index contributed by atoms with van der Waals surface area (Å²) >= 11 is 1.71. The van der Waals surface area contributed by atoms with Crippen molar-refractivity contribution < 1.29 is 19.2 Å². The first kappa shape index (κ1) is 27.7. The summed E-state index contributed by atoms with van der Waals surface area (Å²) in [5, 5.41) is 13.4. The Kier molecular flexibility index (Phi) is 9.09. The third-order valence-electron chi connectivity index (χ3n) is 6.85. The number of carbonyl (C=O) groups excluding carboxylic acids is 1. The highest BCUT2D eigenvalue weighted by Crippen LogP contribution is 2.25. The molecule has 0 radical (unpaired) electrons. The lowest BCUT2D eigenvalue weighted by Gasteiger charge is -2.28. The minimum absolute atomic E-state index is 0.331. The molecule has 202 valence electrons. The van der Waals surface area contributed by atoms with Gasteiger partial charge in [-0.2, -0.15) is 0 Å². The molecule has 5 rings (SSSR count). The number of carbonyl (C=O) groups is 2. The van der Waals surface area contributed by atoms with Crippen molar-refractivity contribution >= 4 is 41.1 Å². The number of fused-ring (bicyclic) bond motifs is 2. The van der Waals surface area contributed by atoms with Crippen LogP contribution in [-0.4, -0.2) is 64.7 Å². The molecule has 2 aromatic carbocycles.